The van der Waals surface area contributed by atoms with Crippen LogP contribution in [0.1, 0.15) is 27.6 Å². The van der Waals surface area contributed by atoms with Gasteiger partial charge in [0.05, 0.1) is 30.4 Å². The van der Waals surface area contributed by atoms with Crippen molar-refractivity contribution in [2.24, 2.45) is 0 Å². The molecule has 1 N–H and O–H groups in total. The van der Waals surface area contributed by atoms with Crippen LogP contribution in [-0.2, 0) is 9.53 Å². The van der Waals surface area contributed by atoms with E-state index in [-0.39, 0.29) is 11.3 Å². The SMILES string of the molecule is COc1ccc(C)cc1NC(=O)C(OC(=O)c1ccc(OC)c([N+](=O)[O-])c1)c1ccccc1. The zero-order chi connectivity index (χ0) is 24.0. The zero-order valence-corrected chi connectivity index (χ0v) is 18.2. The first-order valence-electron chi connectivity index (χ1n) is 9.88. The molecule has 0 fully saturated rings. The molecule has 1 atom stereocenters. The summed E-state index contributed by atoms with van der Waals surface area (Å²) in [5.74, 6) is -1.07. The molecule has 0 saturated carbocycles. The van der Waals surface area contributed by atoms with Crippen LogP contribution in [0.15, 0.2) is 66.7 Å². The molecule has 0 bridgehead atoms. The molecule has 0 radical (unpaired) electrons. The molecule has 9 nitrogen and oxygen atoms in total. The van der Waals surface area contributed by atoms with E-state index in [1.807, 2.05) is 13.0 Å². The van der Waals surface area contributed by atoms with Gasteiger partial charge in [0.15, 0.2) is 5.75 Å². The first-order valence-corrected chi connectivity index (χ1v) is 9.88. The number of nitro benzene ring substituents is 1. The molecule has 170 valence electrons. The van der Waals surface area contributed by atoms with Gasteiger partial charge in [0.25, 0.3) is 5.91 Å². The third-order valence-corrected chi connectivity index (χ3v) is 4.79. The molecular weight excluding hydrogens is 428 g/mol. The highest BCUT2D eigenvalue weighted by Gasteiger charge is 2.28. The summed E-state index contributed by atoms with van der Waals surface area (Å²) in [6.07, 6.45) is -1.31. The number of nitro groups is 1. The van der Waals surface area contributed by atoms with Crippen molar-refractivity contribution in [3.8, 4) is 11.5 Å². The maximum absolute atomic E-state index is 13.2. The smallest absolute Gasteiger partial charge is 0.339 e. The van der Waals surface area contributed by atoms with Crippen LogP contribution in [0.3, 0.4) is 0 Å². The molecule has 3 aromatic rings. The molecular formula is C24H22N2O7. The highest BCUT2D eigenvalue weighted by molar-refractivity contribution is 5.99. The Bertz CT molecular complexity index is 1180. The number of aryl methyl sites for hydroxylation is 1. The lowest BCUT2D eigenvalue weighted by Crippen LogP contribution is -2.26. The first-order chi connectivity index (χ1) is 15.8. The molecule has 0 aliphatic heterocycles. The predicted octanol–water partition coefficient (Wildman–Crippen LogP) is 4.46. The number of carbonyl (C=O) groups excluding carboxylic acids is 2. The van der Waals surface area contributed by atoms with Gasteiger partial charge in [-0.3, -0.25) is 14.9 Å². The number of ether oxygens (including phenoxy) is 3. The Labute approximate surface area is 190 Å². The second kappa shape index (κ2) is 10.3. The summed E-state index contributed by atoms with van der Waals surface area (Å²) in [4.78, 5) is 36.6. The maximum atomic E-state index is 13.2. The monoisotopic (exact) mass is 450 g/mol. The summed E-state index contributed by atoms with van der Waals surface area (Å²) in [6.45, 7) is 1.86. The van der Waals surface area contributed by atoms with Gasteiger partial charge in [0, 0.05) is 11.6 Å². The van der Waals surface area contributed by atoms with Gasteiger partial charge in [-0.15, -0.1) is 0 Å². The third kappa shape index (κ3) is 5.45. The van der Waals surface area contributed by atoms with Crippen molar-refractivity contribution in [3.63, 3.8) is 0 Å². The van der Waals surface area contributed by atoms with Crippen LogP contribution in [0.4, 0.5) is 11.4 Å². The molecule has 33 heavy (non-hydrogen) atoms. The number of hydrogen-bond donors (Lipinski definition) is 1. The van der Waals surface area contributed by atoms with E-state index in [0.717, 1.165) is 11.6 Å². The van der Waals surface area contributed by atoms with Gasteiger partial charge in [-0.05, 0) is 36.8 Å². The number of esters is 1. The van der Waals surface area contributed by atoms with Crippen LogP contribution in [0.2, 0.25) is 0 Å². The highest BCUT2D eigenvalue weighted by Crippen LogP contribution is 2.30. The molecule has 0 aromatic heterocycles. The largest absolute Gasteiger partial charge is 0.495 e. The molecule has 3 aromatic carbocycles. The van der Waals surface area contributed by atoms with E-state index >= 15 is 0 Å². The van der Waals surface area contributed by atoms with Gasteiger partial charge in [-0.1, -0.05) is 36.4 Å². The van der Waals surface area contributed by atoms with Gasteiger partial charge in [0.1, 0.15) is 5.75 Å². The van der Waals surface area contributed by atoms with Crippen molar-refractivity contribution in [1.82, 2.24) is 0 Å². The molecule has 1 unspecified atom stereocenters. The summed E-state index contributed by atoms with van der Waals surface area (Å²) in [7, 11) is 2.77. The van der Waals surface area contributed by atoms with Gasteiger partial charge in [-0.25, -0.2) is 4.79 Å². The summed E-state index contributed by atoms with van der Waals surface area (Å²) in [5.41, 5.74) is 1.25. The number of benzene rings is 3. The molecule has 9 heteroatoms. The number of carbonyl (C=O) groups is 2. The average Bonchev–Trinajstić information content (AvgIpc) is 2.82. The topological polar surface area (TPSA) is 117 Å². The minimum atomic E-state index is -1.31. The van der Waals surface area contributed by atoms with Gasteiger partial charge in [0.2, 0.25) is 6.10 Å². The minimum Gasteiger partial charge on any atom is -0.495 e. The molecule has 0 spiro atoms. The molecule has 1 amide bonds. The van der Waals surface area contributed by atoms with E-state index in [0.29, 0.717) is 17.0 Å². The number of methoxy groups -OCH3 is 2. The second-order valence-electron chi connectivity index (χ2n) is 7.03. The number of amides is 1. The summed E-state index contributed by atoms with van der Waals surface area (Å²) < 4.78 is 15.8. The van der Waals surface area contributed by atoms with Crippen LogP contribution in [-0.4, -0.2) is 31.0 Å². The fraction of sp³-hybridized carbons (Fsp3) is 0.167. The molecule has 0 aliphatic carbocycles. The number of nitrogens with one attached hydrogen (secondary N) is 1. The van der Waals surface area contributed by atoms with E-state index in [4.69, 9.17) is 14.2 Å². The van der Waals surface area contributed by atoms with Crippen LogP contribution in [0, 0.1) is 17.0 Å². The van der Waals surface area contributed by atoms with Crippen molar-refractivity contribution < 1.29 is 28.7 Å². The standard InChI is InChI=1S/C24H22N2O7/c1-15-9-11-20(31-2)18(13-15)25-23(27)22(16-7-5-4-6-8-16)33-24(28)17-10-12-21(32-3)19(14-17)26(29)30/h4-14,22H,1-3H3,(H,25,27). The van der Waals surface area contributed by atoms with Crippen molar-refractivity contribution in [3.05, 3.63) is 93.5 Å². The lowest BCUT2D eigenvalue weighted by molar-refractivity contribution is -0.385. The molecule has 0 aliphatic rings. The Morgan fingerprint density at radius 3 is 2.24 bits per heavy atom. The van der Waals surface area contributed by atoms with Crippen LogP contribution >= 0.6 is 0 Å². The Kier molecular flexibility index (Phi) is 7.24. The normalized spacial score (nSPS) is 11.2. The zero-order valence-electron chi connectivity index (χ0n) is 18.2. The number of rotatable bonds is 8. The summed E-state index contributed by atoms with van der Waals surface area (Å²) in [5, 5.41) is 14.0. The van der Waals surface area contributed by atoms with E-state index in [9.17, 15) is 19.7 Å². The van der Waals surface area contributed by atoms with Crippen molar-refractivity contribution in [2.45, 2.75) is 13.0 Å². The molecule has 0 saturated heterocycles. The summed E-state index contributed by atoms with van der Waals surface area (Å²) in [6, 6.07) is 17.4. The number of anilines is 1. The van der Waals surface area contributed by atoms with E-state index in [1.165, 1.54) is 26.4 Å². The van der Waals surface area contributed by atoms with Crippen LogP contribution in [0.5, 0.6) is 11.5 Å². The van der Waals surface area contributed by atoms with E-state index < -0.39 is 28.6 Å². The quantitative estimate of drug-likeness (QED) is 0.306. The first kappa shape index (κ1) is 23.3. The molecule has 3 rings (SSSR count). The molecule has 0 heterocycles. The van der Waals surface area contributed by atoms with Crippen molar-refractivity contribution in [2.75, 3.05) is 19.5 Å². The lowest BCUT2D eigenvalue weighted by Gasteiger charge is -2.19. The van der Waals surface area contributed by atoms with Gasteiger partial charge in [-0.2, -0.15) is 0 Å². The fourth-order valence-electron chi connectivity index (χ4n) is 3.15. The van der Waals surface area contributed by atoms with Gasteiger partial charge >= 0.3 is 11.7 Å². The van der Waals surface area contributed by atoms with Crippen molar-refractivity contribution >= 4 is 23.3 Å². The second-order valence-corrected chi connectivity index (χ2v) is 7.03. The summed E-state index contributed by atoms with van der Waals surface area (Å²) >= 11 is 0. The Hall–Kier alpha value is -4.40. The van der Waals surface area contributed by atoms with Gasteiger partial charge < -0.3 is 19.5 Å². The maximum Gasteiger partial charge on any atom is 0.339 e. The predicted molar refractivity (Wildman–Crippen MR) is 121 cm³/mol. The number of hydrogen-bond acceptors (Lipinski definition) is 7. The van der Waals surface area contributed by atoms with E-state index in [2.05, 4.69) is 5.32 Å². The third-order valence-electron chi connectivity index (χ3n) is 4.79. The Balaban J connectivity index is 1.92. The van der Waals surface area contributed by atoms with Crippen LogP contribution in [0.25, 0.3) is 0 Å². The fourth-order valence-corrected chi connectivity index (χ4v) is 3.15. The Morgan fingerprint density at radius 2 is 1.61 bits per heavy atom. The van der Waals surface area contributed by atoms with Crippen LogP contribution < -0.4 is 14.8 Å². The number of nitrogens with zero attached hydrogens (tertiary/aromatic N) is 1. The Morgan fingerprint density at radius 1 is 0.939 bits per heavy atom. The van der Waals surface area contributed by atoms with Crippen molar-refractivity contribution in [1.29, 1.82) is 0 Å². The average molecular weight is 450 g/mol. The highest BCUT2D eigenvalue weighted by atomic mass is 16.6. The minimum absolute atomic E-state index is 0.000412. The lowest BCUT2D eigenvalue weighted by atomic mass is 10.1. The van der Waals surface area contributed by atoms with E-state index in [1.54, 1.807) is 42.5 Å².